The Morgan fingerprint density at radius 1 is 0.578 bits per heavy atom. The number of quaternary nitrogens is 1. The van der Waals surface area contributed by atoms with E-state index in [1.54, 1.807) is 41.3 Å². The molecule has 2 N–H and O–H groups in total. The molecule has 10 rings (SSSR count). The summed E-state index contributed by atoms with van der Waals surface area (Å²) in [4.78, 5) is 21.9. The predicted molar refractivity (Wildman–Crippen MR) is 239 cm³/mol. The van der Waals surface area contributed by atoms with Crippen molar-refractivity contribution in [3.8, 4) is 56.4 Å². The Morgan fingerprint density at radius 3 is 1.53 bits per heavy atom. The van der Waals surface area contributed by atoms with Gasteiger partial charge in [-0.1, -0.05) is 84.9 Å². The van der Waals surface area contributed by atoms with Crippen LogP contribution < -0.4 is 22.6 Å². The first-order valence-corrected chi connectivity index (χ1v) is 20.9. The molecule has 11 nitrogen and oxygen atoms in total. The number of pyridine rings is 2. The summed E-state index contributed by atoms with van der Waals surface area (Å²) in [6, 6.07) is 40.7. The maximum Gasteiger partial charge on any atom is 0.153 e. The van der Waals surface area contributed by atoms with Crippen LogP contribution in [0.5, 0.6) is 0 Å². The van der Waals surface area contributed by atoms with E-state index < -0.39 is 5.82 Å². The second kappa shape index (κ2) is 22.6. The number of aromatic nitrogens is 6. The van der Waals surface area contributed by atoms with Crippen molar-refractivity contribution in [1.29, 1.82) is 0 Å². The summed E-state index contributed by atoms with van der Waals surface area (Å²) in [6.45, 7) is 8.00. The Labute approximate surface area is 376 Å². The monoisotopic (exact) mass is 880 g/mol. The lowest BCUT2D eigenvalue weighted by molar-refractivity contribution is -0.921. The van der Waals surface area contributed by atoms with Crippen LogP contribution in [0.4, 0.5) is 8.78 Å². The second-order valence-corrected chi connectivity index (χ2v) is 14.8. The molecule has 2 aliphatic rings. The van der Waals surface area contributed by atoms with Gasteiger partial charge in [0.15, 0.2) is 6.29 Å². The van der Waals surface area contributed by atoms with Gasteiger partial charge in [0.1, 0.15) is 31.3 Å². The summed E-state index contributed by atoms with van der Waals surface area (Å²) < 4.78 is 42.9. The summed E-state index contributed by atoms with van der Waals surface area (Å²) in [7, 11) is 0. The molecule has 4 aromatic carbocycles. The third-order valence-electron chi connectivity index (χ3n) is 10.6. The van der Waals surface area contributed by atoms with Crippen LogP contribution >= 0.6 is 0 Å². The van der Waals surface area contributed by atoms with Crippen molar-refractivity contribution in [2.75, 3.05) is 52.6 Å². The maximum absolute atomic E-state index is 14.8. The van der Waals surface area contributed by atoms with Crippen molar-refractivity contribution in [2.45, 2.75) is 6.54 Å². The second-order valence-electron chi connectivity index (χ2n) is 14.8. The van der Waals surface area contributed by atoms with Crippen LogP contribution in [-0.2, 0) is 16.0 Å². The largest absolute Gasteiger partial charge is 1.00 e. The summed E-state index contributed by atoms with van der Waals surface area (Å²) in [6.07, 6.45) is 7.42. The Balaban J connectivity index is 0.000000169. The number of benzene rings is 4. The molecule has 0 amide bonds. The molecule has 8 aromatic rings. The van der Waals surface area contributed by atoms with Crippen LogP contribution in [0.2, 0.25) is 0 Å². The van der Waals surface area contributed by atoms with Crippen LogP contribution in [0.1, 0.15) is 15.9 Å². The Bertz CT molecular complexity index is 2680. The lowest BCUT2D eigenvalue weighted by atomic mass is 10.1. The Hall–Kier alpha value is -6.74. The number of hydrogen-bond donors (Lipinski definition) is 2. The Kier molecular flexibility index (Phi) is 16.0. The van der Waals surface area contributed by atoms with Gasteiger partial charge in [-0.05, 0) is 48.5 Å². The van der Waals surface area contributed by atoms with Gasteiger partial charge in [0.2, 0.25) is 0 Å². The first-order chi connectivity index (χ1) is 31.1. The highest BCUT2D eigenvalue weighted by atomic mass is 35.5. The van der Waals surface area contributed by atoms with Crippen LogP contribution in [-0.4, -0.2) is 88.4 Å². The lowest BCUT2D eigenvalue weighted by Crippen LogP contribution is -3.12. The van der Waals surface area contributed by atoms with E-state index in [1.165, 1.54) is 27.9 Å². The maximum atomic E-state index is 14.8. The molecule has 64 heavy (non-hydrogen) atoms. The highest BCUT2D eigenvalue weighted by Gasteiger charge is 2.23. The number of nitrogens with zero attached hydrogens (tertiary/aromatic N) is 6. The van der Waals surface area contributed by atoms with Gasteiger partial charge in [-0.2, -0.15) is 10.2 Å². The van der Waals surface area contributed by atoms with Gasteiger partial charge < -0.3 is 32.1 Å². The molecule has 2 saturated heterocycles. The number of nitrogens with one attached hydrogen (secondary N) is 2. The standard InChI is InChI=1S/C25H23FN4O.C21H14FN3O.C4H9NO.ClH/c26-23-9-5-4-8-22(23)25-20(18-29-12-14-31-15-13-29)16-28-30(25)21-10-11-24(27-17-21)19-6-2-1-3-7-19;22-19-9-5-4-8-18(19)21-16(14-26)12-24-25(21)17-10-11-20(23-13-17)15-6-2-1-3-7-15;1-3-6-4-2-5-1;/h1-11,16-17H,12-15,18H2;1-14H;5H,1-4H2;1H. The lowest BCUT2D eigenvalue weighted by Gasteiger charge is -2.23. The minimum Gasteiger partial charge on any atom is -1.00 e. The topological polar surface area (TPSA) is 113 Å². The zero-order valence-electron chi connectivity index (χ0n) is 35.0. The number of aldehydes is 1. The number of carbonyl (C=O) groups is 1. The quantitative estimate of drug-likeness (QED) is 0.207. The van der Waals surface area contributed by atoms with E-state index >= 15 is 0 Å². The van der Waals surface area contributed by atoms with Crippen LogP contribution in [0, 0.1) is 11.6 Å². The van der Waals surface area contributed by atoms with Crippen molar-refractivity contribution < 1.29 is 40.4 Å². The highest BCUT2D eigenvalue weighted by Crippen LogP contribution is 2.30. The molecule has 326 valence electrons. The normalized spacial score (nSPS) is 13.7. The summed E-state index contributed by atoms with van der Waals surface area (Å²) in [5, 5.41) is 12.1. The van der Waals surface area contributed by atoms with E-state index in [1.807, 2.05) is 103 Å². The average molecular weight is 881 g/mol. The number of ether oxygens (including phenoxy) is 2. The molecule has 0 saturated carbocycles. The highest BCUT2D eigenvalue weighted by molar-refractivity contribution is 5.86. The zero-order valence-corrected chi connectivity index (χ0v) is 35.8. The number of morpholine rings is 2. The van der Waals surface area contributed by atoms with E-state index in [0.717, 1.165) is 98.6 Å². The van der Waals surface area contributed by atoms with E-state index in [4.69, 9.17) is 9.47 Å². The molecule has 2 aliphatic heterocycles. The van der Waals surface area contributed by atoms with Crippen molar-refractivity contribution in [3.63, 3.8) is 0 Å². The molecule has 0 bridgehead atoms. The number of carbonyl (C=O) groups excluding carboxylic acids is 1. The smallest absolute Gasteiger partial charge is 0.153 e. The van der Waals surface area contributed by atoms with Crippen LogP contribution in [0.15, 0.2) is 158 Å². The molecule has 0 unspecified atom stereocenters. The van der Waals surface area contributed by atoms with Gasteiger partial charge in [0.25, 0.3) is 0 Å². The molecular weight excluding hydrogens is 834 g/mol. The van der Waals surface area contributed by atoms with Crippen LogP contribution in [0.25, 0.3) is 56.4 Å². The number of hydrogen-bond acceptors (Lipinski definition) is 8. The van der Waals surface area contributed by atoms with E-state index in [2.05, 4.69) is 25.5 Å². The fourth-order valence-corrected chi connectivity index (χ4v) is 7.42. The molecule has 0 spiro atoms. The SMILES string of the molecule is C1COCCN1.Fc1ccccc1-c1c(C[NH+]2CCOCC2)cnn1-c1ccc(-c2ccccc2)nc1.O=Cc1cnn(-c2ccc(-c3ccccc3)nc2)c1-c1ccccc1F.[Cl-]. The van der Waals surface area contributed by atoms with Gasteiger partial charge in [-0.3, -0.25) is 14.8 Å². The first kappa shape index (κ1) is 45.3. The fourth-order valence-electron chi connectivity index (χ4n) is 7.42. The van der Waals surface area contributed by atoms with E-state index in [9.17, 15) is 13.6 Å². The van der Waals surface area contributed by atoms with Gasteiger partial charge in [0.05, 0.1) is 96.5 Å². The average Bonchev–Trinajstić information content (AvgIpc) is 3.98. The molecular formula is C50H47ClF2N8O3. The molecule has 6 heterocycles. The molecule has 0 radical (unpaired) electrons. The van der Waals surface area contributed by atoms with E-state index in [-0.39, 0.29) is 18.2 Å². The third-order valence-corrected chi connectivity index (χ3v) is 10.6. The molecule has 4 aromatic heterocycles. The number of rotatable bonds is 9. The number of halogens is 3. The summed E-state index contributed by atoms with van der Waals surface area (Å²) in [5.41, 5.74) is 8.63. The molecule has 2 fully saturated rings. The predicted octanol–water partition coefficient (Wildman–Crippen LogP) is 4.32. The van der Waals surface area contributed by atoms with Crippen molar-refractivity contribution in [1.82, 2.24) is 34.8 Å². The van der Waals surface area contributed by atoms with E-state index in [0.29, 0.717) is 34.4 Å². The minimum atomic E-state index is -0.411. The third kappa shape index (κ3) is 11.1. The van der Waals surface area contributed by atoms with Gasteiger partial charge in [0, 0.05) is 35.3 Å². The van der Waals surface area contributed by atoms with Gasteiger partial charge in [-0.15, -0.1) is 0 Å². The molecule has 14 heteroatoms. The van der Waals surface area contributed by atoms with Crippen LogP contribution in [0.3, 0.4) is 0 Å². The van der Waals surface area contributed by atoms with Gasteiger partial charge in [-0.25, -0.2) is 18.1 Å². The van der Waals surface area contributed by atoms with Crippen molar-refractivity contribution >= 4 is 6.29 Å². The summed E-state index contributed by atoms with van der Waals surface area (Å²) in [5.74, 6) is -0.664. The molecule has 0 atom stereocenters. The fraction of sp³-hybridized carbons (Fsp3) is 0.180. The molecule has 0 aliphatic carbocycles. The minimum absolute atomic E-state index is 0. The summed E-state index contributed by atoms with van der Waals surface area (Å²) >= 11 is 0. The van der Waals surface area contributed by atoms with Crippen molar-refractivity contribution in [2.24, 2.45) is 0 Å². The first-order valence-electron chi connectivity index (χ1n) is 20.9. The van der Waals surface area contributed by atoms with Gasteiger partial charge >= 0.3 is 0 Å². The zero-order chi connectivity index (χ0) is 43.2. The van der Waals surface area contributed by atoms with Crippen molar-refractivity contribution in [3.05, 3.63) is 181 Å². The Morgan fingerprint density at radius 2 is 1.06 bits per heavy atom.